The van der Waals surface area contributed by atoms with Gasteiger partial charge in [0.15, 0.2) is 0 Å². The van der Waals surface area contributed by atoms with Crippen molar-refractivity contribution < 1.29 is 4.39 Å². The van der Waals surface area contributed by atoms with E-state index in [0.29, 0.717) is 0 Å². The molecule has 3 rings (SSSR count). The van der Waals surface area contributed by atoms with Gasteiger partial charge in [0.05, 0.1) is 10.2 Å². The minimum atomic E-state index is -0.223. The second kappa shape index (κ2) is 4.18. The highest BCUT2D eigenvalue weighted by atomic mass is 32.1. The van der Waals surface area contributed by atoms with Crippen LogP contribution in [0, 0.1) is 19.7 Å². The lowest BCUT2D eigenvalue weighted by Crippen LogP contribution is -1.80. The second-order valence-electron chi connectivity index (χ2n) is 4.46. The maximum atomic E-state index is 13.2. The summed E-state index contributed by atoms with van der Waals surface area (Å²) in [6, 6.07) is 10.8. The van der Waals surface area contributed by atoms with E-state index < -0.39 is 0 Å². The summed E-state index contributed by atoms with van der Waals surface area (Å²) in [4.78, 5) is 4.62. The zero-order valence-electron chi connectivity index (χ0n) is 10.2. The van der Waals surface area contributed by atoms with E-state index in [1.807, 2.05) is 6.07 Å². The summed E-state index contributed by atoms with van der Waals surface area (Å²) >= 11 is 1.61. The number of nitrogens with zero attached hydrogens (tertiary/aromatic N) is 1. The van der Waals surface area contributed by atoms with Crippen LogP contribution in [0.1, 0.15) is 11.1 Å². The van der Waals surface area contributed by atoms with Crippen molar-refractivity contribution in [2.24, 2.45) is 0 Å². The fourth-order valence-electron chi connectivity index (χ4n) is 2.12. The van der Waals surface area contributed by atoms with Gasteiger partial charge in [0.25, 0.3) is 0 Å². The number of rotatable bonds is 1. The normalized spacial score (nSPS) is 11.1. The molecule has 1 heterocycles. The lowest BCUT2D eigenvalue weighted by Gasteiger charge is -1.96. The molecule has 0 bridgehead atoms. The van der Waals surface area contributed by atoms with Crippen LogP contribution < -0.4 is 0 Å². The van der Waals surface area contributed by atoms with Gasteiger partial charge in [-0.1, -0.05) is 18.2 Å². The molecule has 0 N–H and O–H groups in total. The predicted molar refractivity (Wildman–Crippen MR) is 74.5 cm³/mol. The van der Waals surface area contributed by atoms with Crippen LogP contribution in [0.2, 0.25) is 0 Å². The maximum Gasteiger partial charge on any atom is 0.124 e. The molecule has 90 valence electrons. The van der Waals surface area contributed by atoms with E-state index in [-0.39, 0.29) is 5.82 Å². The molecule has 18 heavy (non-hydrogen) atoms. The van der Waals surface area contributed by atoms with Crippen LogP contribution in [0.5, 0.6) is 0 Å². The molecule has 0 spiro atoms. The Balaban J connectivity index is 2.22. The number of thiazole rings is 1. The number of hydrogen-bond donors (Lipinski definition) is 0. The van der Waals surface area contributed by atoms with Gasteiger partial charge in [-0.2, -0.15) is 0 Å². The summed E-state index contributed by atoms with van der Waals surface area (Å²) in [5.74, 6) is -0.223. The summed E-state index contributed by atoms with van der Waals surface area (Å²) < 4.78 is 14.4. The second-order valence-corrected chi connectivity index (χ2v) is 5.49. The average Bonchev–Trinajstić information content (AvgIpc) is 2.73. The molecule has 0 radical (unpaired) electrons. The molecule has 0 saturated heterocycles. The highest BCUT2D eigenvalue weighted by molar-refractivity contribution is 7.21. The van der Waals surface area contributed by atoms with Gasteiger partial charge in [0.2, 0.25) is 0 Å². The third-order valence-electron chi connectivity index (χ3n) is 2.90. The van der Waals surface area contributed by atoms with Crippen molar-refractivity contribution in [3.8, 4) is 10.6 Å². The average molecular weight is 257 g/mol. The van der Waals surface area contributed by atoms with E-state index in [1.165, 1.54) is 23.3 Å². The molecular weight excluding hydrogens is 245 g/mol. The van der Waals surface area contributed by atoms with Crippen LogP contribution in [0.4, 0.5) is 4.39 Å². The largest absolute Gasteiger partial charge is 0.236 e. The zero-order valence-corrected chi connectivity index (χ0v) is 11.0. The van der Waals surface area contributed by atoms with Crippen molar-refractivity contribution >= 4 is 21.6 Å². The minimum Gasteiger partial charge on any atom is -0.236 e. The topological polar surface area (TPSA) is 12.9 Å². The Kier molecular flexibility index (Phi) is 2.63. The molecule has 0 aliphatic carbocycles. The molecule has 0 aliphatic rings. The summed E-state index contributed by atoms with van der Waals surface area (Å²) in [5, 5.41) is 0.873. The first-order valence-corrected chi connectivity index (χ1v) is 6.59. The monoisotopic (exact) mass is 257 g/mol. The van der Waals surface area contributed by atoms with Crippen LogP contribution in [0.15, 0.2) is 36.4 Å². The molecular formula is C15H12FNS. The van der Waals surface area contributed by atoms with Crippen molar-refractivity contribution in [1.82, 2.24) is 4.98 Å². The third kappa shape index (κ3) is 1.91. The Morgan fingerprint density at radius 2 is 1.94 bits per heavy atom. The Labute approximate surface area is 109 Å². The summed E-state index contributed by atoms with van der Waals surface area (Å²) in [6.45, 7) is 4.14. The molecule has 0 unspecified atom stereocenters. The smallest absolute Gasteiger partial charge is 0.124 e. The molecule has 2 aromatic carbocycles. The van der Waals surface area contributed by atoms with E-state index in [4.69, 9.17) is 0 Å². The predicted octanol–water partition coefficient (Wildman–Crippen LogP) is 4.72. The first-order chi connectivity index (χ1) is 8.63. The number of hydrogen-bond acceptors (Lipinski definition) is 2. The van der Waals surface area contributed by atoms with Gasteiger partial charge in [-0.05, 0) is 43.2 Å². The van der Waals surface area contributed by atoms with Gasteiger partial charge >= 0.3 is 0 Å². The molecule has 0 aliphatic heterocycles. The first kappa shape index (κ1) is 11.4. The van der Waals surface area contributed by atoms with Crippen molar-refractivity contribution in [2.75, 3.05) is 0 Å². The molecule has 0 saturated carbocycles. The van der Waals surface area contributed by atoms with Crippen LogP contribution >= 0.6 is 11.3 Å². The molecule has 1 aromatic heterocycles. The fraction of sp³-hybridized carbons (Fsp3) is 0.133. The number of fused-ring (bicyclic) bond motifs is 1. The van der Waals surface area contributed by atoms with Gasteiger partial charge in [-0.25, -0.2) is 9.37 Å². The Hall–Kier alpha value is -1.74. The van der Waals surface area contributed by atoms with Gasteiger partial charge in [0.1, 0.15) is 10.8 Å². The lowest BCUT2D eigenvalue weighted by molar-refractivity contribution is 0.628. The van der Waals surface area contributed by atoms with Crippen LogP contribution in [-0.4, -0.2) is 4.98 Å². The quantitative estimate of drug-likeness (QED) is 0.614. The molecule has 0 atom stereocenters. The molecule has 1 nitrogen and oxygen atoms in total. The maximum absolute atomic E-state index is 13.2. The van der Waals surface area contributed by atoms with E-state index in [0.717, 1.165) is 20.8 Å². The Bertz CT molecular complexity index is 730. The van der Waals surface area contributed by atoms with Crippen LogP contribution in [0.25, 0.3) is 20.8 Å². The zero-order chi connectivity index (χ0) is 12.7. The van der Waals surface area contributed by atoms with Crippen molar-refractivity contribution in [1.29, 1.82) is 0 Å². The van der Waals surface area contributed by atoms with Gasteiger partial charge in [-0.3, -0.25) is 0 Å². The number of aryl methyl sites for hydroxylation is 2. The van der Waals surface area contributed by atoms with Gasteiger partial charge < -0.3 is 0 Å². The van der Waals surface area contributed by atoms with Gasteiger partial charge in [-0.15, -0.1) is 11.3 Å². The highest BCUT2D eigenvalue weighted by Crippen LogP contribution is 2.32. The van der Waals surface area contributed by atoms with Gasteiger partial charge in [0, 0.05) is 5.56 Å². The van der Waals surface area contributed by atoms with Crippen molar-refractivity contribution in [3.05, 3.63) is 53.3 Å². The van der Waals surface area contributed by atoms with Crippen molar-refractivity contribution in [2.45, 2.75) is 13.8 Å². The summed E-state index contributed by atoms with van der Waals surface area (Å²) in [7, 11) is 0. The number of halogens is 1. The molecule has 0 amide bonds. The standard InChI is InChI=1S/C15H12FNS/c1-9-6-10(2)14-13(7-9)18-15(17-14)11-4-3-5-12(16)8-11/h3-8H,1-2H3. The highest BCUT2D eigenvalue weighted by Gasteiger charge is 2.09. The lowest BCUT2D eigenvalue weighted by atomic mass is 10.1. The molecule has 3 heteroatoms. The van der Waals surface area contributed by atoms with Crippen LogP contribution in [-0.2, 0) is 0 Å². The molecule has 3 aromatic rings. The SMILES string of the molecule is Cc1cc(C)c2nc(-c3cccc(F)c3)sc2c1. The number of aromatic nitrogens is 1. The number of benzene rings is 2. The van der Waals surface area contributed by atoms with Crippen LogP contribution in [0.3, 0.4) is 0 Å². The first-order valence-electron chi connectivity index (χ1n) is 5.77. The Morgan fingerprint density at radius 1 is 1.11 bits per heavy atom. The third-order valence-corrected chi connectivity index (χ3v) is 3.95. The van der Waals surface area contributed by atoms with E-state index in [2.05, 4.69) is 31.0 Å². The Morgan fingerprint density at radius 3 is 2.72 bits per heavy atom. The molecule has 0 fully saturated rings. The van der Waals surface area contributed by atoms with Crippen molar-refractivity contribution in [3.63, 3.8) is 0 Å². The minimum absolute atomic E-state index is 0.223. The van der Waals surface area contributed by atoms with E-state index >= 15 is 0 Å². The van der Waals surface area contributed by atoms with E-state index in [9.17, 15) is 4.39 Å². The summed E-state index contributed by atoms with van der Waals surface area (Å²) in [5.41, 5.74) is 4.26. The summed E-state index contributed by atoms with van der Waals surface area (Å²) in [6.07, 6.45) is 0. The van der Waals surface area contributed by atoms with E-state index in [1.54, 1.807) is 17.4 Å². The fourth-order valence-corrected chi connectivity index (χ4v) is 3.25.